The summed E-state index contributed by atoms with van der Waals surface area (Å²) >= 11 is 0. The van der Waals surface area contributed by atoms with Gasteiger partial charge in [-0.2, -0.15) is 0 Å². The van der Waals surface area contributed by atoms with E-state index < -0.39 is 6.04 Å². The monoisotopic (exact) mass is 379 g/mol. The van der Waals surface area contributed by atoms with Crippen LogP contribution in [-0.4, -0.2) is 41.8 Å². The van der Waals surface area contributed by atoms with Crippen molar-refractivity contribution in [2.75, 3.05) is 13.1 Å². The van der Waals surface area contributed by atoms with Gasteiger partial charge in [0.1, 0.15) is 6.04 Å². The van der Waals surface area contributed by atoms with E-state index in [-0.39, 0.29) is 24.1 Å². The second kappa shape index (κ2) is 8.15. The van der Waals surface area contributed by atoms with Crippen LogP contribution < -0.4 is 10.6 Å². The van der Waals surface area contributed by atoms with Crippen molar-refractivity contribution < 1.29 is 14.4 Å². The molecular formula is C22H25N3O3. The van der Waals surface area contributed by atoms with Crippen molar-refractivity contribution in [1.29, 1.82) is 0 Å². The van der Waals surface area contributed by atoms with Crippen LogP contribution in [0, 0.1) is 17.8 Å². The molecule has 2 saturated heterocycles. The number of amides is 3. The van der Waals surface area contributed by atoms with Gasteiger partial charge in [0.25, 0.3) is 5.91 Å². The molecule has 0 saturated carbocycles. The summed E-state index contributed by atoms with van der Waals surface area (Å²) in [4.78, 5) is 38.0. The number of carbonyl (C=O) groups is 3. The fraction of sp³-hybridized carbons (Fsp3) is 0.500. The standard InChI is InChI=1S/C22H25N3O3/c26-20-9-8-19(21(27)24-20)25-14-18-16(6-3-7-17(18)22(25)28)5-2-1-4-15-10-12-23-13-11-15/h3,6-7,15,19,23H,2,5,8-14H2,(H,24,26,27). The average Bonchev–Trinajstić information content (AvgIpc) is 3.03. The van der Waals surface area contributed by atoms with Crippen LogP contribution in [0.25, 0.3) is 0 Å². The zero-order chi connectivity index (χ0) is 19.5. The molecule has 0 aliphatic carbocycles. The number of hydrogen-bond donors (Lipinski definition) is 2. The number of nitrogens with zero attached hydrogens (tertiary/aromatic N) is 1. The number of rotatable bonds is 3. The molecule has 1 atom stereocenters. The minimum absolute atomic E-state index is 0.118. The molecule has 1 aromatic rings. The van der Waals surface area contributed by atoms with Gasteiger partial charge in [-0.3, -0.25) is 19.7 Å². The zero-order valence-electron chi connectivity index (χ0n) is 15.9. The van der Waals surface area contributed by atoms with Crippen LogP contribution in [0.2, 0.25) is 0 Å². The number of piperidine rings is 2. The van der Waals surface area contributed by atoms with Gasteiger partial charge >= 0.3 is 0 Å². The summed E-state index contributed by atoms with van der Waals surface area (Å²) in [5.41, 5.74) is 2.80. The summed E-state index contributed by atoms with van der Waals surface area (Å²) in [7, 11) is 0. The zero-order valence-corrected chi connectivity index (χ0v) is 15.9. The van der Waals surface area contributed by atoms with E-state index in [9.17, 15) is 14.4 Å². The molecule has 3 amide bonds. The summed E-state index contributed by atoms with van der Waals surface area (Å²) in [6, 6.07) is 5.21. The predicted octanol–water partition coefficient (Wildman–Crippen LogP) is 1.38. The van der Waals surface area contributed by atoms with Gasteiger partial charge in [0.05, 0.1) is 0 Å². The van der Waals surface area contributed by atoms with Crippen molar-refractivity contribution >= 4 is 17.7 Å². The highest BCUT2D eigenvalue weighted by Gasteiger charge is 2.39. The first-order valence-electron chi connectivity index (χ1n) is 10.1. The molecule has 0 radical (unpaired) electrons. The predicted molar refractivity (Wildman–Crippen MR) is 104 cm³/mol. The highest BCUT2D eigenvalue weighted by Crippen LogP contribution is 2.30. The Morgan fingerprint density at radius 3 is 2.71 bits per heavy atom. The average molecular weight is 379 g/mol. The van der Waals surface area contributed by atoms with Crippen molar-refractivity contribution in [3.05, 3.63) is 34.9 Å². The first kappa shape index (κ1) is 18.7. The lowest BCUT2D eigenvalue weighted by Crippen LogP contribution is -2.52. The summed E-state index contributed by atoms with van der Waals surface area (Å²) in [5, 5.41) is 5.70. The van der Waals surface area contributed by atoms with E-state index in [1.54, 1.807) is 4.90 Å². The third-order valence-corrected chi connectivity index (χ3v) is 5.84. The molecule has 0 aromatic heterocycles. The first-order chi connectivity index (χ1) is 13.6. The molecule has 4 rings (SSSR count). The largest absolute Gasteiger partial charge is 0.322 e. The Bertz CT molecular complexity index is 862. The lowest BCUT2D eigenvalue weighted by molar-refractivity contribution is -0.136. The Morgan fingerprint density at radius 1 is 1.11 bits per heavy atom. The topological polar surface area (TPSA) is 78.5 Å². The molecule has 1 unspecified atom stereocenters. The number of aryl methyl sites for hydroxylation is 1. The van der Waals surface area contributed by atoms with Crippen molar-refractivity contribution in [3.8, 4) is 11.8 Å². The molecule has 2 N–H and O–H groups in total. The molecule has 3 heterocycles. The second-order valence-corrected chi connectivity index (χ2v) is 7.69. The van der Waals surface area contributed by atoms with Gasteiger partial charge in [-0.15, -0.1) is 5.92 Å². The van der Waals surface area contributed by atoms with Crippen LogP contribution >= 0.6 is 0 Å². The second-order valence-electron chi connectivity index (χ2n) is 7.69. The van der Waals surface area contributed by atoms with E-state index in [1.165, 1.54) is 0 Å². The van der Waals surface area contributed by atoms with Crippen LogP contribution in [0.15, 0.2) is 18.2 Å². The molecule has 28 heavy (non-hydrogen) atoms. The Labute approximate surface area is 165 Å². The van der Waals surface area contributed by atoms with E-state index in [0.717, 1.165) is 49.9 Å². The molecule has 1 aromatic carbocycles. The Hall–Kier alpha value is -2.65. The van der Waals surface area contributed by atoms with Crippen LogP contribution in [0.1, 0.15) is 53.6 Å². The Balaban J connectivity index is 1.43. The maximum atomic E-state index is 12.8. The summed E-state index contributed by atoms with van der Waals surface area (Å²) in [6.45, 7) is 2.52. The van der Waals surface area contributed by atoms with Gasteiger partial charge in [-0.1, -0.05) is 18.1 Å². The van der Waals surface area contributed by atoms with E-state index in [1.807, 2.05) is 18.2 Å². The Kier molecular flexibility index (Phi) is 5.45. The van der Waals surface area contributed by atoms with Crippen molar-refractivity contribution in [2.24, 2.45) is 5.92 Å². The van der Waals surface area contributed by atoms with Gasteiger partial charge in [-0.25, -0.2) is 0 Å². The van der Waals surface area contributed by atoms with Crippen molar-refractivity contribution in [1.82, 2.24) is 15.5 Å². The molecule has 3 aliphatic heterocycles. The highest BCUT2D eigenvalue weighted by atomic mass is 16.2. The number of fused-ring (bicyclic) bond motifs is 1. The van der Waals surface area contributed by atoms with Gasteiger partial charge in [0.15, 0.2) is 0 Å². The molecule has 6 nitrogen and oxygen atoms in total. The molecule has 6 heteroatoms. The minimum Gasteiger partial charge on any atom is -0.322 e. The Morgan fingerprint density at radius 2 is 1.93 bits per heavy atom. The lowest BCUT2D eigenvalue weighted by atomic mass is 9.97. The van der Waals surface area contributed by atoms with E-state index in [0.29, 0.717) is 24.4 Å². The normalized spacial score (nSPS) is 22.5. The fourth-order valence-electron chi connectivity index (χ4n) is 4.26. The lowest BCUT2D eigenvalue weighted by Gasteiger charge is -2.29. The van der Waals surface area contributed by atoms with Crippen LogP contribution in [0.5, 0.6) is 0 Å². The molecule has 0 spiro atoms. The smallest absolute Gasteiger partial charge is 0.255 e. The van der Waals surface area contributed by atoms with Crippen molar-refractivity contribution in [3.63, 3.8) is 0 Å². The van der Waals surface area contributed by atoms with E-state index >= 15 is 0 Å². The molecule has 3 aliphatic rings. The minimum atomic E-state index is -0.565. The number of imide groups is 1. The number of nitrogens with one attached hydrogen (secondary N) is 2. The van der Waals surface area contributed by atoms with Gasteiger partial charge < -0.3 is 10.2 Å². The first-order valence-corrected chi connectivity index (χ1v) is 10.1. The van der Waals surface area contributed by atoms with E-state index in [4.69, 9.17) is 0 Å². The van der Waals surface area contributed by atoms with Gasteiger partial charge in [-0.05, 0) is 56.0 Å². The van der Waals surface area contributed by atoms with Crippen LogP contribution in [0.3, 0.4) is 0 Å². The van der Waals surface area contributed by atoms with Crippen molar-refractivity contribution in [2.45, 2.75) is 51.1 Å². The van der Waals surface area contributed by atoms with E-state index in [2.05, 4.69) is 22.5 Å². The molecule has 2 fully saturated rings. The number of carbonyl (C=O) groups excluding carboxylic acids is 3. The highest BCUT2D eigenvalue weighted by molar-refractivity contribution is 6.05. The number of benzene rings is 1. The SMILES string of the molecule is O=C1CCC(N2Cc3c(CCC#CC4CCNCC4)cccc3C2=O)C(=O)N1. The van der Waals surface area contributed by atoms with Gasteiger partial charge in [0.2, 0.25) is 11.8 Å². The quantitative estimate of drug-likeness (QED) is 0.614. The molecule has 0 bridgehead atoms. The van der Waals surface area contributed by atoms with Gasteiger partial charge in [0, 0.05) is 30.9 Å². The molecular weight excluding hydrogens is 354 g/mol. The summed E-state index contributed by atoms with van der Waals surface area (Å²) in [5.74, 6) is 6.44. The van der Waals surface area contributed by atoms with Crippen LogP contribution in [-0.2, 0) is 22.6 Å². The summed E-state index contributed by atoms with van der Waals surface area (Å²) < 4.78 is 0. The summed E-state index contributed by atoms with van der Waals surface area (Å²) in [6.07, 6.45) is 4.47. The third kappa shape index (κ3) is 3.81. The molecule has 146 valence electrons. The fourth-order valence-corrected chi connectivity index (χ4v) is 4.26. The number of hydrogen-bond acceptors (Lipinski definition) is 4. The maximum Gasteiger partial charge on any atom is 0.255 e. The third-order valence-electron chi connectivity index (χ3n) is 5.84. The maximum absolute atomic E-state index is 12.8. The van der Waals surface area contributed by atoms with Crippen LogP contribution in [0.4, 0.5) is 0 Å².